The molecule has 156 valence electrons. The number of rotatable bonds is 5. The highest BCUT2D eigenvalue weighted by Crippen LogP contribution is 2.37. The summed E-state index contributed by atoms with van der Waals surface area (Å²) in [5.74, 6) is -0.449. The van der Waals surface area contributed by atoms with Gasteiger partial charge in [0.15, 0.2) is 0 Å². The molecule has 0 aromatic heterocycles. The van der Waals surface area contributed by atoms with Crippen LogP contribution in [0.25, 0.3) is 0 Å². The second-order valence-corrected chi connectivity index (χ2v) is 7.46. The number of aliphatic hydroxyl groups is 4. The van der Waals surface area contributed by atoms with Gasteiger partial charge in [-0.15, -0.1) is 0 Å². The second kappa shape index (κ2) is 8.01. The van der Waals surface area contributed by atoms with Crippen molar-refractivity contribution in [1.82, 2.24) is 0 Å². The highest BCUT2D eigenvalue weighted by molar-refractivity contribution is 5.45. The molecule has 4 rings (SSSR count). The molecule has 6 nitrogen and oxygen atoms in total. The smallest absolute Gasteiger partial charge is 0.132 e. The van der Waals surface area contributed by atoms with E-state index in [0.29, 0.717) is 24.0 Å². The standard InChI is InChI=1S/C22H25FO6/c1-28-17-9-16(23)15(22-21(27)20(26)19(25)18(10-24)29-22)8-14(17)7-11-2-3-12-4-5-13(12)6-11/h2-3,6,8-9,18-22,24-27H,4-5,7,10H2,1H3/t18-,19-,20+,21-,22+/m1/s1/i5D2. The number of hydrogen-bond donors (Lipinski definition) is 4. The van der Waals surface area contributed by atoms with Crippen LogP contribution in [0.4, 0.5) is 4.39 Å². The van der Waals surface area contributed by atoms with Gasteiger partial charge in [0.1, 0.15) is 42.1 Å². The summed E-state index contributed by atoms with van der Waals surface area (Å²) in [5.41, 5.74) is 2.96. The van der Waals surface area contributed by atoms with Crippen molar-refractivity contribution in [2.24, 2.45) is 0 Å². The fraction of sp³-hybridized carbons (Fsp3) is 0.455. The molecule has 0 bridgehead atoms. The number of methoxy groups -OCH3 is 1. The molecule has 1 aliphatic carbocycles. The lowest BCUT2D eigenvalue weighted by atomic mass is 9.85. The number of ether oxygens (including phenoxy) is 2. The highest BCUT2D eigenvalue weighted by atomic mass is 19.1. The van der Waals surface area contributed by atoms with Crippen LogP contribution in [0, 0.1) is 5.82 Å². The summed E-state index contributed by atoms with van der Waals surface area (Å²) in [7, 11) is 1.40. The zero-order valence-corrected chi connectivity index (χ0v) is 15.9. The van der Waals surface area contributed by atoms with Crippen LogP contribution in [0.5, 0.6) is 5.75 Å². The molecule has 2 aromatic rings. The lowest BCUT2D eigenvalue weighted by molar-refractivity contribution is -0.232. The molecule has 0 saturated carbocycles. The van der Waals surface area contributed by atoms with E-state index in [1.54, 1.807) is 6.07 Å². The van der Waals surface area contributed by atoms with E-state index < -0.39 is 49.3 Å². The molecule has 0 amide bonds. The molecule has 0 spiro atoms. The number of fused-ring (bicyclic) bond motifs is 1. The van der Waals surface area contributed by atoms with E-state index in [9.17, 15) is 24.8 Å². The Balaban J connectivity index is 1.69. The summed E-state index contributed by atoms with van der Waals surface area (Å²) < 4.78 is 41.6. The van der Waals surface area contributed by atoms with E-state index in [1.165, 1.54) is 13.2 Å². The van der Waals surface area contributed by atoms with Crippen molar-refractivity contribution in [3.05, 3.63) is 64.0 Å². The van der Waals surface area contributed by atoms with Crippen LogP contribution in [0.2, 0.25) is 0 Å². The Labute approximate surface area is 171 Å². The van der Waals surface area contributed by atoms with Gasteiger partial charge in [0.05, 0.1) is 13.7 Å². The fourth-order valence-corrected chi connectivity index (χ4v) is 3.88. The minimum Gasteiger partial charge on any atom is -0.496 e. The largest absolute Gasteiger partial charge is 0.496 e. The van der Waals surface area contributed by atoms with Crippen molar-refractivity contribution < 1.29 is 37.0 Å². The Hall–Kier alpha value is -2.03. The molecular weight excluding hydrogens is 379 g/mol. The number of aliphatic hydroxyl groups excluding tert-OH is 4. The van der Waals surface area contributed by atoms with E-state index in [1.807, 2.05) is 12.1 Å². The van der Waals surface area contributed by atoms with Crippen molar-refractivity contribution in [1.29, 1.82) is 0 Å². The van der Waals surface area contributed by atoms with Crippen LogP contribution < -0.4 is 4.74 Å². The number of halogens is 1. The number of benzene rings is 2. The molecule has 2 aliphatic rings. The Bertz CT molecular complexity index is 983. The number of hydrogen-bond acceptors (Lipinski definition) is 6. The highest BCUT2D eigenvalue weighted by Gasteiger charge is 2.45. The van der Waals surface area contributed by atoms with Gasteiger partial charge in [-0.1, -0.05) is 18.2 Å². The maximum atomic E-state index is 14.9. The molecule has 1 fully saturated rings. The Kier molecular flexibility index (Phi) is 4.91. The molecule has 0 unspecified atom stereocenters. The van der Waals surface area contributed by atoms with Crippen molar-refractivity contribution >= 4 is 0 Å². The quantitative estimate of drug-likeness (QED) is 0.592. The average Bonchev–Trinajstić information content (AvgIpc) is 2.74. The molecule has 5 atom stereocenters. The Morgan fingerprint density at radius 1 is 1.14 bits per heavy atom. The van der Waals surface area contributed by atoms with E-state index in [2.05, 4.69) is 0 Å². The van der Waals surface area contributed by atoms with Gasteiger partial charge in [-0.3, -0.25) is 0 Å². The topological polar surface area (TPSA) is 99.4 Å². The van der Waals surface area contributed by atoms with Gasteiger partial charge in [-0.25, -0.2) is 4.39 Å². The molecule has 29 heavy (non-hydrogen) atoms. The zero-order chi connectivity index (χ0) is 22.5. The predicted molar refractivity (Wildman–Crippen MR) is 102 cm³/mol. The Morgan fingerprint density at radius 2 is 1.93 bits per heavy atom. The molecule has 1 heterocycles. The third-order valence-electron chi connectivity index (χ3n) is 5.64. The van der Waals surface area contributed by atoms with Gasteiger partial charge in [-0.2, -0.15) is 0 Å². The first-order chi connectivity index (χ1) is 14.7. The van der Waals surface area contributed by atoms with Crippen molar-refractivity contribution in [2.75, 3.05) is 13.7 Å². The lowest BCUT2D eigenvalue weighted by Gasteiger charge is -2.40. The van der Waals surface area contributed by atoms with E-state index in [0.717, 1.165) is 17.2 Å². The maximum absolute atomic E-state index is 14.9. The normalized spacial score (nSPS) is 31.3. The summed E-state index contributed by atoms with van der Waals surface area (Å²) in [5, 5.41) is 39.8. The second-order valence-electron chi connectivity index (χ2n) is 7.46. The van der Waals surface area contributed by atoms with Gasteiger partial charge >= 0.3 is 0 Å². The van der Waals surface area contributed by atoms with Gasteiger partial charge in [0.2, 0.25) is 0 Å². The lowest BCUT2D eigenvalue weighted by Crippen LogP contribution is -2.55. The first-order valence-corrected chi connectivity index (χ1v) is 9.45. The molecule has 2 aromatic carbocycles. The third-order valence-corrected chi connectivity index (χ3v) is 5.64. The van der Waals surface area contributed by atoms with Crippen LogP contribution in [-0.4, -0.2) is 58.6 Å². The fourth-order valence-electron chi connectivity index (χ4n) is 3.88. The summed E-state index contributed by atoms with van der Waals surface area (Å²) in [4.78, 5) is 0. The van der Waals surface area contributed by atoms with Gasteiger partial charge in [0.25, 0.3) is 0 Å². The van der Waals surface area contributed by atoms with Crippen LogP contribution in [0.15, 0.2) is 30.3 Å². The van der Waals surface area contributed by atoms with Gasteiger partial charge < -0.3 is 29.9 Å². The molecule has 1 saturated heterocycles. The summed E-state index contributed by atoms with van der Waals surface area (Å²) in [6.45, 7) is -0.608. The molecule has 1 aliphatic heterocycles. The molecule has 0 radical (unpaired) electrons. The van der Waals surface area contributed by atoms with E-state index in [4.69, 9.17) is 12.2 Å². The maximum Gasteiger partial charge on any atom is 0.132 e. The van der Waals surface area contributed by atoms with E-state index >= 15 is 0 Å². The minimum absolute atomic E-state index is 0.0352. The van der Waals surface area contributed by atoms with Crippen LogP contribution in [-0.2, 0) is 24.0 Å². The van der Waals surface area contributed by atoms with E-state index in [-0.39, 0.29) is 11.3 Å². The van der Waals surface area contributed by atoms with Crippen LogP contribution in [0.1, 0.15) is 36.7 Å². The first-order valence-electron chi connectivity index (χ1n) is 10.5. The third kappa shape index (κ3) is 3.65. The van der Waals surface area contributed by atoms with Crippen molar-refractivity contribution in [3.63, 3.8) is 0 Å². The summed E-state index contributed by atoms with van der Waals surface area (Å²) in [6, 6.07) is 8.17. The van der Waals surface area contributed by atoms with Crippen molar-refractivity contribution in [2.45, 2.75) is 49.7 Å². The summed E-state index contributed by atoms with van der Waals surface area (Å²) in [6.07, 6.45) is -7.86. The minimum atomic E-state index is -1.61. The SMILES string of the molecule is [2H]C1([2H])Cc2ccc(Cc3cc([C@@H]4O[C@H](CO)[C@@H](O)[C@H](O)[C@H]4O)c(F)cc3OC)cc21. The predicted octanol–water partition coefficient (Wildman–Crippen LogP) is 1.04. The number of aryl methyl sites for hydroxylation is 2. The Morgan fingerprint density at radius 3 is 2.62 bits per heavy atom. The molecule has 7 heteroatoms. The average molecular weight is 406 g/mol. The zero-order valence-electron chi connectivity index (χ0n) is 17.9. The van der Waals surface area contributed by atoms with Crippen molar-refractivity contribution in [3.8, 4) is 5.75 Å². The molecular formula is C22H25FO6. The van der Waals surface area contributed by atoms with Gasteiger partial charge in [0, 0.05) is 20.8 Å². The van der Waals surface area contributed by atoms with Gasteiger partial charge in [-0.05, 0) is 41.1 Å². The first kappa shape index (κ1) is 17.8. The monoisotopic (exact) mass is 406 g/mol. The summed E-state index contributed by atoms with van der Waals surface area (Å²) >= 11 is 0. The van der Waals surface area contributed by atoms with Crippen LogP contribution in [0.3, 0.4) is 0 Å². The molecule has 4 N–H and O–H groups in total. The van der Waals surface area contributed by atoms with Crippen LogP contribution >= 0.6 is 0 Å².